The third-order valence-corrected chi connectivity index (χ3v) is 5.10. The molecular weight excluding hydrogens is 434 g/mol. The van der Waals surface area contributed by atoms with Gasteiger partial charge in [0.25, 0.3) is 5.91 Å². The van der Waals surface area contributed by atoms with Crippen molar-refractivity contribution < 1.29 is 23.4 Å². The summed E-state index contributed by atoms with van der Waals surface area (Å²) < 4.78 is 22.4. The number of benzene rings is 3. The molecule has 0 unspecified atom stereocenters. The normalized spacial score (nSPS) is 10.7. The van der Waals surface area contributed by atoms with Gasteiger partial charge in [-0.15, -0.1) is 0 Å². The number of ether oxygens (including phenoxy) is 3. The second-order valence-electron chi connectivity index (χ2n) is 7.75. The molecule has 174 valence electrons. The Morgan fingerprint density at radius 1 is 0.912 bits per heavy atom. The molecule has 1 N–H and O–H groups in total. The third-order valence-electron chi connectivity index (χ3n) is 5.10. The molecule has 0 saturated carbocycles. The maximum absolute atomic E-state index is 12.9. The average Bonchev–Trinajstić information content (AvgIpc) is 2.83. The van der Waals surface area contributed by atoms with Crippen molar-refractivity contribution in [1.29, 1.82) is 0 Å². The fourth-order valence-corrected chi connectivity index (χ4v) is 3.33. The first-order valence-corrected chi connectivity index (χ1v) is 10.9. The molecule has 1 heterocycles. The number of carbonyl (C=O) groups excluding carboxylic acids is 1. The summed E-state index contributed by atoms with van der Waals surface area (Å²) in [6.45, 7) is 6.15. The van der Waals surface area contributed by atoms with Crippen LogP contribution in [0.4, 0.5) is 5.69 Å². The van der Waals surface area contributed by atoms with Crippen LogP contribution in [-0.4, -0.2) is 19.1 Å². The van der Waals surface area contributed by atoms with Crippen LogP contribution in [-0.2, 0) is 4.79 Å². The molecule has 0 spiro atoms. The highest BCUT2D eigenvalue weighted by Gasteiger charge is 2.12. The van der Waals surface area contributed by atoms with E-state index in [0.29, 0.717) is 34.8 Å². The van der Waals surface area contributed by atoms with Gasteiger partial charge in [0.2, 0.25) is 11.2 Å². The number of amides is 1. The number of fused-ring (bicyclic) bond motifs is 1. The molecule has 7 nitrogen and oxygen atoms in total. The van der Waals surface area contributed by atoms with Crippen LogP contribution in [0.1, 0.15) is 18.1 Å². The standard InChI is InChI=1S/C27H25NO6/c1-4-31-20-9-7-19(8-10-20)28-26(29)16-32-21-11-12-22-24(14-21)33-15-25(27(22)30)34-23-13-17(2)5-6-18(23)3/h5-15H,4,16H2,1-3H3,(H,28,29). The molecule has 0 aliphatic carbocycles. The highest BCUT2D eigenvalue weighted by Crippen LogP contribution is 2.27. The molecule has 0 saturated heterocycles. The predicted octanol–water partition coefficient (Wildman–Crippen LogP) is 5.62. The molecule has 4 rings (SSSR count). The lowest BCUT2D eigenvalue weighted by atomic mass is 10.1. The summed E-state index contributed by atoms with van der Waals surface area (Å²) in [5, 5.41) is 3.11. The Morgan fingerprint density at radius 2 is 1.68 bits per heavy atom. The van der Waals surface area contributed by atoms with Crippen LogP contribution in [0, 0.1) is 13.8 Å². The molecule has 0 atom stereocenters. The van der Waals surface area contributed by atoms with Crippen LogP contribution in [0.25, 0.3) is 11.0 Å². The topological polar surface area (TPSA) is 87.0 Å². The van der Waals surface area contributed by atoms with Gasteiger partial charge in [0.15, 0.2) is 6.61 Å². The van der Waals surface area contributed by atoms with Crippen molar-refractivity contribution in [2.24, 2.45) is 0 Å². The molecule has 0 aliphatic rings. The number of hydrogen-bond acceptors (Lipinski definition) is 6. The van der Waals surface area contributed by atoms with Gasteiger partial charge in [-0.25, -0.2) is 0 Å². The van der Waals surface area contributed by atoms with Gasteiger partial charge in [-0.3, -0.25) is 9.59 Å². The molecule has 0 radical (unpaired) electrons. The van der Waals surface area contributed by atoms with E-state index in [0.717, 1.165) is 16.9 Å². The van der Waals surface area contributed by atoms with E-state index in [1.54, 1.807) is 42.5 Å². The zero-order valence-corrected chi connectivity index (χ0v) is 19.2. The summed E-state index contributed by atoms with van der Waals surface area (Å²) in [6.07, 6.45) is 1.29. The SMILES string of the molecule is CCOc1ccc(NC(=O)COc2ccc3c(=O)c(Oc4cc(C)ccc4C)coc3c2)cc1. The van der Waals surface area contributed by atoms with Crippen LogP contribution in [0.5, 0.6) is 23.0 Å². The Labute approximate surface area is 196 Å². The highest BCUT2D eigenvalue weighted by molar-refractivity contribution is 5.92. The van der Waals surface area contributed by atoms with E-state index in [1.165, 1.54) is 6.26 Å². The zero-order chi connectivity index (χ0) is 24.1. The van der Waals surface area contributed by atoms with Crippen molar-refractivity contribution >= 4 is 22.6 Å². The van der Waals surface area contributed by atoms with E-state index in [-0.39, 0.29) is 23.7 Å². The van der Waals surface area contributed by atoms with E-state index < -0.39 is 0 Å². The van der Waals surface area contributed by atoms with E-state index in [1.807, 2.05) is 39.0 Å². The lowest BCUT2D eigenvalue weighted by molar-refractivity contribution is -0.118. The minimum Gasteiger partial charge on any atom is -0.494 e. The number of aryl methyl sites for hydroxylation is 2. The van der Waals surface area contributed by atoms with Gasteiger partial charge in [0, 0.05) is 11.8 Å². The number of carbonyl (C=O) groups is 1. The van der Waals surface area contributed by atoms with Crippen LogP contribution >= 0.6 is 0 Å². The van der Waals surface area contributed by atoms with E-state index in [2.05, 4.69) is 5.32 Å². The van der Waals surface area contributed by atoms with Gasteiger partial charge in [-0.1, -0.05) is 12.1 Å². The first-order valence-electron chi connectivity index (χ1n) is 10.9. The van der Waals surface area contributed by atoms with Crippen molar-refractivity contribution in [2.75, 3.05) is 18.5 Å². The third kappa shape index (κ3) is 5.38. The second kappa shape index (κ2) is 10.1. The largest absolute Gasteiger partial charge is 0.494 e. The van der Waals surface area contributed by atoms with Gasteiger partial charge < -0.3 is 23.9 Å². The summed E-state index contributed by atoms with van der Waals surface area (Å²) in [4.78, 5) is 25.1. The maximum Gasteiger partial charge on any atom is 0.262 e. The van der Waals surface area contributed by atoms with E-state index in [9.17, 15) is 9.59 Å². The van der Waals surface area contributed by atoms with Crippen LogP contribution < -0.4 is 25.0 Å². The second-order valence-corrected chi connectivity index (χ2v) is 7.75. The predicted molar refractivity (Wildman–Crippen MR) is 130 cm³/mol. The van der Waals surface area contributed by atoms with Crippen LogP contribution in [0.2, 0.25) is 0 Å². The monoisotopic (exact) mass is 459 g/mol. The van der Waals surface area contributed by atoms with Gasteiger partial charge in [0.05, 0.1) is 12.0 Å². The molecule has 0 aliphatic heterocycles. The molecular formula is C27H25NO6. The quantitative estimate of drug-likeness (QED) is 0.368. The number of rotatable bonds is 8. The average molecular weight is 459 g/mol. The van der Waals surface area contributed by atoms with Crippen LogP contribution in [0.15, 0.2) is 76.1 Å². The van der Waals surface area contributed by atoms with Gasteiger partial charge >= 0.3 is 0 Å². The van der Waals surface area contributed by atoms with Crippen molar-refractivity contribution in [3.8, 4) is 23.0 Å². The summed E-state index contributed by atoms with van der Waals surface area (Å²) in [7, 11) is 0. The number of hydrogen-bond donors (Lipinski definition) is 1. The molecule has 4 aromatic rings. The summed E-state index contributed by atoms with van der Waals surface area (Å²) in [6, 6.07) is 17.6. The van der Waals surface area contributed by atoms with Crippen molar-refractivity contribution in [2.45, 2.75) is 20.8 Å². The minimum atomic E-state index is -0.317. The lowest BCUT2D eigenvalue weighted by Crippen LogP contribution is -2.20. The Hall–Kier alpha value is -4.26. The fourth-order valence-electron chi connectivity index (χ4n) is 3.33. The van der Waals surface area contributed by atoms with Gasteiger partial charge in [-0.2, -0.15) is 0 Å². The first-order chi connectivity index (χ1) is 16.4. The number of anilines is 1. The fraction of sp³-hybridized carbons (Fsp3) is 0.185. The summed E-state index contributed by atoms with van der Waals surface area (Å²) in [5.74, 6) is 1.52. The smallest absolute Gasteiger partial charge is 0.262 e. The maximum atomic E-state index is 12.9. The van der Waals surface area contributed by atoms with E-state index in [4.69, 9.17) is 18.6 Å². The Bertz CT molecular complexity index is 1370. The molecule has 1 aromatic heterocycles. The van der Waals surface area contributed by atoms with Crippen LogP contribution in [0.3, 0.4) is 0 Å². The summed E-state index contributed by atoms with van der Waals surface area (Å²) in [5.41, 5.74) is 2.62. The highest BCUT2D eigenvalue weighted by atomic mass is 16.5. The van der Waals surface area contributed by atoms with Gasteiger partial charge in [0.1, 0.15) is 29.1 Å². The summed E-state index contributed by atoms with van der Waals surface area (Å²) >= 11 is 0. The molecule has 0 bridgehead atoms. The molecule has 3 aromatic carbocycles. The van der Waals surface area contributed by atoms with Crippen molar-refractivity contribution in [3.05, 3.63) is 88.3 Å². The Kier molecular flexibility index (Phi) is 6.82. The Balaban J connectivity index is 1.42. The lowest BCUT2D eigenvalue weighted by Gasteiger charge is -2.10. The van der Waals surface area contributed by atoms with E-state index >= 15 is 0 Å². The molecule has 7 heteroatoms. The minimum absolute atomic E-state index is 0.101. The van der Waals surface area contributed by atoms with Crippen molar-refractivity contribution in [1.82, 2.24) is 0 Å². The molecule has 0 fully saturated rings. The Morgan fingerprint density at radius 3 is 2.44 bits per heavy atom. The van der Waals surface area contributed by atoms with Gasteiger partial charge in [-0.05, 0) is 74.4 Å². The van der Waals surface area contributed by atoms with Crippen molar-refractivity contribution in [3.63, 3.8) is 0 Å². The molecule has 34 heavy (non-hydrogen) atoms. The molecule has 1 amide bonds. The first kappa shape index (κ1) is 22.9. The number of nitrogens with one attached hydrogen (secondary N) is 1. The zero-order valence-electron chi connectivity index (χ0n) is 19.2.